The van der Waals surface area contributed by atoms with Gasteiger partial charge in [0.15, 0.2) is 10.6 Å². The maximum atomic E-state index is 13.1. The largest absolute Gasteiger partial charge is 0.477 e. The second-order valence-corrected chi connectivity index (χ2v) is 9.34. The van der Waals surface area contributed by atoms with E-state index in [1.165, 1.54) is 53.7 Å². The first-order valence-corrected chi connectivity index (χ1v) is 12.0. The van der Waals surface area contributed by atoms with E-state index in [4.69, 9.17) is 9.15 Å². The molecule has 0 unspecified atom stereocenters. The van der Waals surface area contributed by atoms with Gasteiger partial charge in [-0.25, -0.2) is 13.7 Å². The van der Waals surface area contributed by atoms with Crippen LogP contribution in [0.1, 0.15) is 5.76 Å². The third-order valence-corrected chi connectivity index (χ3v) is 7.95. The Morgan fingerprint density at radius 1 is 1.48 bits per heavy atom. The highest BCUT2D eigenvalue weighted by molar-refractivity contribution is 8.01. The molecule has 4 rings (SSSR count). The number of carboxylic acids is 1. The molecule has 2 aromatic heterocycles. The number of thioether (sulfide) groups is 2. The van der Waals surface area contributed by atoms with Gasteiger partial charge in [0.25, 0.3) is 17.5 Å². The van der Waals surface area contributed by atoms with Crippen molar-refractivity contribution in [3.8, 4) is 0 Å². The monoisotopic (exact) mass is 512 g/mol. The zero-order chi connectivity index (χ0) is 23.8. The molecule has 2 amide bonds. The lowest BCUT2D eigenvalue weighted by Crippen LogP contribution is -2.81. The summed E-state index contributed by atoms with van der Waals surface area (Å²) in [7, 11) is 2.88. The molecule has 13 nitrogen and oxygen atoms in total. The van der Waals surface area contributed by atoms with Crippen molar-refractivity contribution in [3.05, 3.63) is 35.4 Å². The Morgan fingerprint density at radius 2 is 2.27 bits per heavy atom. The summed E-state index contributed by atoms with van der Waals surface area (Å²) in [6, 6.07) is 2.95. The minimum atomic E-state index is -1.83. The van der Waals surface area contributed by atoms with Gasteiger partial charge in [-0.3, -0.25) is 14.5 Å². The van der Waals surface area contributed by atoms with Gasteiger partial charge in [-0.05, 0) is 28.1 Å². The average Bonchev–Trinajstić information content (AvgIpc) is 3.47. The fourth-order valence-electron chi connectivity index (χ4n) is 3.37. The number of β-lactam (4-membered cyclic amide) rings is 1. The van der Waals surface area contributed by atoms with Crippen molar-refractivity contribution in [3.63, 3.8) is 0 Å². The molecule has 0 aliphatic carbocycles. The van der Waals surface area contributed by atoms with E-state index in [1.807, 2.05) is 0 Å². The van der Waals surface area contributed by atoms with Gasteiger partial charge >= 0.3 is 5.97 Å². The Kier molecular flexibility index (Phi) is 6.42. The van der Waals surface area contributed by atoms with Crippen molar-refractivity contribution >= 4 is 57.4 Å². The van der Waals surface area contributed by atoms with Gasteiger partial charge < -0.3 is 19.6 Å². The maximum absolute atomic E-state index is 13.1. The average molecular weight is 513 g/mol. The number of nitrogens with one attached hydrogen (secondary N) is 1. The SMILES string of the molecule is CO[C@@]1(NC(=O)C(=S=O)c2ccco2)C(=O)N2C(C(=O)O)=C(CSc3nnnn3C)CS[C@@H]21. The Morgan fingerprint density at radius 3 is 2.85 bits per heavy atom. The summed E-state index contributed by atoms with van der Waals surface area (Å²) < 4.78 is 23.4. The number of aromatic nitrogens is 4. The number of carbonyl (C=O) groups excluding carboxylic acids is 2. The summed E-state index contributed by atoms with van der Waals surface area (Å²) >= 11 is 2.38. The molecule has 0 radical (unpaired) electrons. The van der Waals surface area contributed by atoms with Crippen molar-refractivity contribution in [2.24, 2.45) is 7.05 Å². The highest BCUT2D eigenvalue weighted by Gasteiger charge is 2.66. The number of fused-ring (bicyclic) bond motifs is 1. The summed E-state index contributed by atoms with van der Waals surface area (Å²) in [6.45, 7) is 0. The quantitative estimate of drug-likeness (QED) is 0.146. The Labute approximate surface area is 198 Å². The standard InChI is InChI=1S/C17H16N6O7S3/c1-22-16(19-20-21-22)32-7-8-6-31-15-17(29-2,14(27)23(15)10(8)13(25)26)18-12(24)11(33-28)9-4-3-5-30-9/h3-5,15H,6-7H2,1-2H3,(H,18,24)(H,25,26)/t15-,17+/m1/s1. The van der Waals surface area contributed by atoms with Crippen molar-refractivity contribution in [2.75, 3.05) is 18.6 Å². The summed E-state index contributed by atoms with van der Waals surface area (Å²) in [6.07, 6.45) is 1.30. The molecule has 0 spiro atoms. The van der Waals surface area contributed by atoms with Crippen LogP contribution < -0.4 is 5.32 Å². The van der Waals surface area contributed by atoms with Gasteiger partial charge in [-0.1, -0.05) is 11.8 Å². The first-order valence-electron chi connectivity index (χ1n) is 9.18. The van der Waals surface area contributed by atoms with E-state index in [9.17, 15) is 23.7 Å². The highest BCUT2D eigenvalue weighted by atomic mass is 32.2. The summed E-state index contributed by atoms with van der Waals surface area (Å²) in [5, 5.41) is 23.1. The molecule has 1 fully saturated rings. The predicted octanol–water partition coefficient (Wildman–Crippen LogP) is -0.958. The number of rotatable bonds is 8. The molecule has 2 atom stereocenters. The molecule has 16 heteroatoms. The third-order valence-electron chi connectivity index (χ3n) is 4.93. The number of methoxy groups -OCH3 is 1. The molecule has 2 aliphatic heterocycles. The topological polar surface area (TPSA) is 170 Å². The van der Waals surface area contributed by atoms with Crippen LogP contribution in [-0.2, 0) is 37.4 Å². The number of carboxylic acid groups (broad SMARTS) is 1. The summed E-state index contributed by atoms with van der Waals surface area (Å²) in [5.74, 6) is -2.35. The van der Waals surface area contributed by atoms with Crippen LogP contribution in [0.25, 0.3) is 0 Å². The lowest BCUT2D eigenvalue weighted by molar-refractivity contribution is -0.191. The molecule has 0 saturated carbocycles. The molecule has 174 valence electrons. The van der Waals surface area contributed by atoms with E-state index in [0.717, 1.165) is 4.90 Å². The van der Waals surface area contributed by atoms with Crippen LogP contribution in [0.5, 0.6) is 0 Å². The van der Waals surface area contributed by atoms with E-state index < -0.39 is 28.9 Å². The van der Waals surface area contributed by atoms with Crippen molar-refractivity contribution in [1.29, 1.82) is 0 Å². The van der Waals surface area contributed by atoms with Crippen molar-refractivity contribution in [1.82, 2.24) is 30.4 Å². The number of ether oxygens (including phenoxy) is 1. The first-order chi connectivity index (χ1) is 15.8. The molecule has 2 aliphatic rings. The van der Waals surface area contributed by atoms with Crippen LogP contribution in [0.15, 0.2) is 39.2 Å². The third kappa shape index (κ3) is 3.88. The Hall–Kier alpha value is -2.95. The van der Waals surface area contributed by atoms with Gasteiger partial charge in [0, 0.05) is 25.7 Å². The molecule has 33 heavy (non-hydrogen) atoms. The van der Waals surface area contributed by atoms with Crippen molar-refractivity contribution < 1.29 is 32.9 Å². The minimum Gasteiger partial charge on any atom is -0.477 e. The molecule has 0 bridgehead atoms. The molecule has 0 aromatic carbocycles. The fourth-order valence-corrected chi connectivity index (χ4v) is 6.13. The molecular formula is C17H16N6O7S3. The van der Waals surface area contributed by atoms with Crippen molar-refractivity contribution in [2.45, 2.75) is 16.3 Å². The Bertz CT molecular complexity index is 1210. The van der Waals surface area contributed by atoms with Crippen LogP contribution in [0.2, 0.25) is 0 Å². The number of hydrogen-bond donors (Lipinski definition) is 2. The van der Waals surface area contributed by atoms with E-state index in [2.05, 4.69) is 20.8 Å². The van der Waals surface area contributed by atoms with Crippen LogP contribution >= 0.6 is 23.5 Å². The number of carbonyl (C=O) groups is 3. The highest BCUT2D eigenvalue weighted by Crippen LogP contribution is 2.47. The molecule has 2 N–H and O–H groups in total. The number of aliphatic carboxylic acids is 1. The maximum Gasteiger partial charge on any atom is 0.352 e. The van der Waals surface area contributed by atoms with Crippen LogP contribution in [-0.4, -0.2) is 86.8 Å². The molecule has 1 saturated heterocycles. The van der Waals surface area contributed by atoms with Gasteiger partial charge in [-0.15, -0.1) is 16.9 Å². The van der Waals surface area contributed by atoms with Gasteiger partial charge in [0.05, 0.1) is 6.26 Å². The smallest absolute Gasteiger partial charge is 0.352 e. The molecule has 2 aromatic rings. The van der Waals surface area contributed by atoms with Crippen LogP contribution in [0.4, 0.5) is 0 Å². The van der Waals surface area contributed by atoms with Crippen LogP contribution in [0.3, 0.4) is 0 Å². The number of furan rings is 1. The number of amides is 2. The van der Waals surface area contributed by atoms with Crippen LogP contribution in [0, 0.1) is 0 Å². The minimum absolute atomic E-state index is 0.0439. The van der Waals surface area contributed by atoms with Gasteiger partial charge in [-0.2, -0.15) is 0 Å². The fraction of sp³-hybridized carbons (Fsp3) is 0.353. The predicted molar refractivity (Wildman–Crippen MR) is 116 cm³/mol. The van der Waals surface area contributed by atoms with Gasteiger partial charge in [0.2, 0.25) is 5.16 Å². The summed E-state index contributed by atoms with van der Waals surface area (Å²) in [5.41, 5.74) is -1.51. The van der Waals surface area contributed by atoms with E-state index in [1.54, 1.807) is 7.05 Å². The molecule has 4 heterocycles. The van der Waals surface area contributed by atoms with Gasteiger partial charge in [0.1, 0.15) is 22.3 Å². The number of aryl methyl sites for hydroxylation is 1. The summed E-state index contributed by atoms with van der Waals surface area (Å²) in [4.78, 5) is 38.8. The second-order valence-electron chi connectivity index (χ2n) is 6.75. The Balaban J connectivity index is 1.58. The zero-order valence-corrected chi connectivity index (χ0v) is 19.5. The number of nitrogens with zero attached hydrogens (tertiary/aromatic N) is 5. The number of hydrogen-bond acceptors (Lipinski definition) is 11. The zero-order valence-electron chi connectivity index (χ0n) is 17.1. The van der Waals surface area contributed by atoms with E-state index in [-0.39, 0.29) is 39.1 Å². The lowest BCUT2D eigenvalue weighted by atomic mass is 9.98. The number of tetrazole rings is 1. The van der Waals surface area contributed by atoms with E-state index >= 15 is 0 Å². The molecular weight excluding hydrogens is 496 g/mol. The van der Waals surface area contributed by atoms with E-state index in [0.29, 0.717) is 10.7 Å². The second kappa shape index (κ2) is 9.12. The normalized spacial score (nSPS) is 21.9. The first kappa shape index (κ1) is 23.2. The lowest BCUT2D eigenvalue weighted by Gasteiger charge is -2.55.